The molecule has 0 aromatic carbocycles. The van der Waals surface area contributed by atoms with Crippen molar-refractivity contribution in [2.45, 2.75) is 45.1 Å². The Morgan fingerprint density at radius 3 is 3.04 bits per heavy atom. The van der Waals surface area contributed by atoms with Gasteiger partial charge >= 0.3 is 0 Å². The molecule has 0 spiro atoms. The molecule has 1 amide bonds. The molecule has 1 atom stereocenters. The molecule has 0 N–H and O–H groups in total. The number of likely N-dealkylation sites (tertiary alicyclic amines) is 1. The standard InChI is InChI=1S/C17H22N4O3/c1-2-14-18-17(19-24-14)13-6-5-10-21(12-13)16(23)8-11-20-9-4-3-7-15(20)22/h3-4,7,9,13H,2,5-6,8,10-12H2,1H3/t13-/m0/s1. The van der Waals surface area contributed by atoms with Gasteiger partial charge in [0.25, 0.3) is 5.56 Å². The summed E-state index contributed by atoms with van der Waals surface area (Å²) >= 11 is 0. The molecule has 0 unspecified atom stereocenters. The zero-order chi connectivity index (χ0) is 16.9. The maximum absolute atomic E-state index is 12.5. The molecular formula is C17H22N4O3. The monoisotopic (exact) mass is 330 g/mol. The van der Waals surface area contributed by atoms with E-state index in [1.807, 2.05) is 11.8 Å². The van der Waals surface area contributed by atoms with Crippen molar-refractivity contribution in [2.24, 2.45) is 0 Å². The highest BCUT2D eigenvalue weighted by molar-refractivity contribution is 5.76. The summed E-state index contributed by atoms with van der Waals surface area (Å²) in [5.74, 6) is 1.53. The van der Waals surface area contributed by atoms with Crippen LogP contribution in [0.25, 0.3) is 0 Å². The van der Waals surface area contributed by atoms with Gasteiger partial charge in [-0.1, -0.05) is 18.1 Å². The van der Waals surface area contributed by atoms with E-state index in [1.54, 1.807) is 22.9 Å². The summed E-state index contributed by atoms with van der Waals surface area (Å²) in [6.07, 6.45) is 4.64. The topological polar surface area (TPSA) is 81.2 Å². The minimum Gasteiger partial charge on any atom is -0.342 e. The van der Waals surface area contributed by atoms with Crippen LogP contribution in [0, 0.1) is 0 Å². The predicted molar refractivity (Wildman–Crippen MR) is 87.6 cm³/mol. The molecule has 3 rings (SSSR count). The first-order valence-corrected chi connectivity index (χ1v) is 8.43. The van der Waals surface area contributed by atoms with Gasteiger partial charge < -0.3 is 14.0 Å². The number of hydrogen-bond donors (Lipinski definition) is 0. The van der Waals surface area contributed by atoms with Crippen LogP contribution >= 0.6 is 0 Å². The van der Waals surface area contributed by atoms with Crippen molar-refractivity contribution < 1.29 is 9.32 Å². The SMILES string of the molecule is CCc1nc([C@H]2CCCN(C(=O)CCn3ccccc3=O)C2)no1. The van der Waals surface area contributed by atoms with E-state index in [-0.39, 0.29) is 17.4 Å². The van der Waals surface area contributed by atoms with Gasteiger partial charge in [0.05, 0.1) is 0 Å². The predicted octanol–water partition coefficient (Wildman–Crippen LogP) is 1.59. The molecule has 3 heterocycles. The van der Waals surface area contributed by atoms with E-state index in [4.69, 9.17) is 4.52 Å². The number of nitrogens with zero attached hydrogens (tertiary/aromatic N) is 4. The van der Waals surface area contributed by atoms with Crippen LogP contribution in [-0.4, -0.2) is 38.6 Å². The van der Waals surface area contributed by atoms with Gasteiger partial charge in [-0.3, -0.25) is 9.59 Å². The minimum absolute atomic E-state index is 0.0645. The third-order valence-electron chi connectivity index (χ3n) is 4.39. The molecule has 2 aromatic heterocycles. The third-order valence-corrected chi connectivity index (χ3v) is 4.39. The molecule has 1 fully saturated rings. The van der Waals surface area contributed by atoms with Crippen molar-refractivity contribution in [1.29, 1.82) is 0 Å². The van der Waals surface area contributed by atoms with Gasteiger partial charge in [0.2, 0.25) is 11.8 Å². The van der Waals surface area contributed by atoms with E-state index in [2.05, 4.69) is 10.1 Å². The largest absolute Gasteiger partial charge is 0.342 e. The zero-order valence-electron chi connectivity index (χ0n) is 13.9. The minimum atomic E-state index is -0.0827. The number of amides is 1. The molecule has 128 valence electrons. The molecule has 7 heteroatoms. The van der Waals surface area contributed by atoms with E-state index in [0.717, 1.165) is 19.4 Å². The summed E-state index contributed by atoms with van der Waals surface area (Å²) in [6, 6.07) is 5.00. The number of rotatable bonds is 5. The van der Waals surface area contributed by atoms with Gasteiger partial charge in [-0.15, -0.1) is 0 Å². The number of piperidine rings is 1. The highest BCUT2D eigenvalue weighted by atomic mass is 16.5. The van der Waals surface area contributed by atoms with Crippen LogP contribution in [0.15, 0.2) is 33.7 Å². The van der Waals surface area contributed by atoms with Crippen LogP contribution < -0.4 is 5.56 Å². The average Bonchev–Trinajstić information content (AvgIpc) is 3.10. The molecule has 7 nitrogen and oxygen atoms in total. The Kier molecular flexibility index (Phi) is 5.08. The van der Waals surface area contributed by atoms with Crippen LogP contribution in [0.1, 0.15) is 43.8 Å². The maximum Gasteiger partial charge on any atom is 0.250 e. The van der Waals surface area contributed by atoms with Gasteiger partial charge in [0.1, 0.15) is 0 Å². The van der Waals surface area contributed by atoms with Crippen molar-refractivity contribution in [1.82, 2.24) is 19.6 Å². The Hall–Kier alpha value is -2.44. The van der Waals surface area contributed by atoms with Crippen LogP contribution in [0.4, 0.5) is 0 Å². The summed E-state index contributed by atoms with van der Waals surface area (Å²) in [5, 5.41) is 4.04. The normalized spacial score (nSPS) is 17.9. The lowest BCUT2D eigenvalue weighted by atomic mass is 9.97. The number of aromatic nitrogens is 3. The summed E-state index contributed by atoms with van der Waals surface area (Å²) in [6.45, 7) is 3.74. The zero-order valence-corrected chi connectivity index (χ0v) is 13.9. The summed E-state index contributed by atoms with van der Waals surface area (Å²) in [4.78, 5) is 30.4. The van der Waals surface area contributed by atoms with Gasteiger partial charge in [0.15, 0.2) is 5.82 Å². The second-order valence-electron chi connectivity index (χ2n) is 6.06. The number of aryl methyl sites for hydroxylation is 2. The highest BCUT2D eigenvalue weighted by Crippen LogP contribution is 2.25. The molecular weight excluding hydrogens is 308 g/mol. The lowest BCUT2D eigenvalue weighted by Gasteiger charge is -2.31. The smallest absolute Gasteiger partial charge is 0.250 e. The quantitative estimate of drug-likeness (QED) is 0.831. The van der Waals surface area contributed by atoms with Crippen molar-refractivity contribution >= 4 is 5.91 Å². The fraction of sp³-hybridized carbons (Fsp3) is 0.529. The molecule has 0 saturated carbocycles. The maximum atomic E-state index is 12.5. The number of carbonyl (C=O) groups is 1. The molecule has 0 aliphatic carbocycles. The van der Waals surface area contributed by atoms with Gasteiger partial charge in [-0.25, -0.2) is 0 Å². The van der Waals surface area contributed by atoms with Crippen molar-refractivity contribution in [3.63, 3.8) is 0 Å². The summed E-state index contributed by atoms with van der Waals surface area (Å²) in [7, 11) is 0. The first-order valence-electron chi connectivity index (χ1n) is 8.43. The summed E-state index contributed by atoms with van der Waals surface area (Å²) in [5.41, 5.74) is -0.0827. The van der Waals surface area contributed by atoms with Crippen LogP contribution in [0.3, 0.4) is 0 Å². The lowest BCUT2D eigenvalue weighted by Crippen LogP contribution is -2.40. The molecule has 0 bridgehead atoms. The molecule has 1 saturated heterocycles. The third kappa shape index (κ3) is 3.72. The first kappa shape index (κ1) is 16.4. The number of carbonyl (C=O) groups excluding carboxylic acids is 1. The van der Waals surface area contributed by atoms with Crippen LogP contribution in [-0.2, 0) is 17.8 Å². The first-order chi connectivity index (χ1) is 11.7. The Bertz CT molecular complexity index is 752. The van der Waals surface area contributed by atoms with Crippen molar-refractivity contribution in [2.75, 3.05) is 13.1 Å². The Morgan fingerprint density at radius 2 is 2.29 bits per heavy atom. The van der Waals surface area contributed by atoms with E-state index < -0.39 is 0 Å². The van der Waals surface area contributed by atoms with Crippen molar-refractivity contribution in [3.8, 4) is 0 Å². The molecule has 24 heavy (non-hydrogen) atoms. The Labute approximate surface area is 140 Å². The van der Waals surface area contributed by atoms with Gasteiger partial charge in [0, 0.05) is 50.7 Å². The number of hydrogen-bond acceptors (Lipinski definition) is 5. The summed E-state index contributed by atoms with van der Waals surface area (Å²) < 4.78 is 6.74. The van der Waals surface area contributed by atoms with E-state index in [0.29, 0.717) is 37.6 Å². The van der Waals surface area contributed by atoms with Crippen LogP contribution in [0.2, 0.25) is 0 Å². The molecule has 1 aliphatic heterocycles. The van der Waals surface area contributed by atoms with Crippen molar-refractivity contribution in [3.05, 3.63) is 46.5 Å². The Balaban J connectivity index is 1.58. The number of pyridine rings is 1. The lowest BCUT2D eigenvalue weighted by molar-refractivity contribution is -0.132. The highest BCUT2D eigenvalue weighted by Gasteiger charge is 2.27. The second kappa shape index (κ2) is 7.42. The van der Waals surface area contributed by atoms with Crippen LogP contribution in [0.5, 0.6) is 0 Å². The fourth-order valence-electron chi connectivity index (χ4n) is 3.01. The van der Waals surface area contributed by atoms with Gasteiger partial charge in [-0.05, 0) is 18.9 Å². The average molecular weight is 330 g/mol. The van der Waals surface area contributed by atoms with E-state index in [1.165, 1.54) is 6.07 Å². The molecule has 1 aliphatic rings. The van der Waals surface area contributed by atoms with E-state index in [9.17, 15) is 9.59 Å². The molecule has 0 radical (unpaired) electrons. The van der Waals surface area contributed by atoms with Gasteiger partial charge in [-0.2, -0.15) is 4.98 Å². The van der Waals surface area contributed by atoms with E-state index >= 15 is 0 Å². The second-order valence-corrected chi connectivity index (χ2v) is 6.06. The molecule has 2 aromatic rings. The fourth-order valence-corrected chi connectivity index (χ4v) is 3.01. The Morgan fingerprint density at radius 1 is 1.42 bits per heavy atom.